The molecule has 5 rings (SSSR count). The molecule has 1 aliphatic rings. The van der Waals surface area contributed by atoms with Crippen LogP contribution in [0.1, 0.15) is 24.7 Å². The Hall–Kier alpha value is -2.81. The molecule has 0 saturated carbocycles. The van der Waals surface area contributed by atoms with Gasteiger partial charge in [0, 0.05) is 12.2 Å². The Morgan fingerprint density at radius 2 is 1.70 bits per heavy atom. The monoisotopic (exact) mass is 436 g/mol. The lowest BCUT2D eigenvalue weighted by atomic mass is 10.1. The van der Waals surface area contributed by atoms with Crippen molar-refractivity contribution in [2.75, 3.05) is 6.54 Å². The molecule has 3 aromatic carbocycles. The minimum Gasteiger partial charge on any atom is -0.271 e. The second kappa shape index (κ2) is 7.46. The first kappa shape index (κ1) is 19.2. The molecule has 1 fully saturated rings. The first-order chi connectivity index (χ1) is 14.6. The fourth-order valence-corrected chi connectivity index (χ4v) is 6.04. The zero-order chi connectivity index (χ0) is 20.7. The molecule has 8 heteroatoms. The standard InChI is InChI=1S/C22H20N4O2S2/c27-30(28,19-13-12-16-7-4-5-8-17(16)15-19)25-14-6-11-20(25)21-23-24-22(29)26(21)18-9-2-1-3-10-18/h1-5,7-10,12-13,15,20H,6,11,14H2,(H,24,29)/t20-/m0/s1. The van der Waals surface area contributed by atoms with Crippen molar-refractivity contribution in [3.63, 3.8) is 0 Å². The van der Waals surface area contributed by atoms with E-state index in [1.165, 1.54) is 0 Å². The number of rotatable bonds is 4. The van der Waals surface area contributed by atoms with E-state index >= 15 is 0 Å². The average Bonchev–Trinajstić information content (AvgIpc) is 3.41. The van der Waals surface area contributed by atoms with Gasteiger partial charge in [0.05, 0.1) is 10.9 Å². The maximum absolute atomic E-state index is 13.6. The van der Waals surface area contributed by atoms with Crippen LogP contribution in [0.3, 0.4) is 0 Å². The average molecular weight is 437 g/mol. The zero-order valence-electron chi connectivity index (χ0n) is 16.1. The number of sulfonamides is 1. The molecule has 1 N–H and O–H groups in total. The summed E-state index contributed by atoms with van der Waals surface area (Å²) in [5, 5.41) is 9.18. The van der Waals surface area contributed by atoms with E-state index in [0.29, 0.717) is 28.5 Å². The Balaban J connectivity index is 1.58. The van der Waals surface area contributed by atoms with E-state index in [2.05, 4.69) is 10.2 Å². The number of aromatic amines is 1. The van der Waals surface area contributed by atoms with Crippen LogP contribution in [0.15, 0.2) is 77.7 Å². The predicted molar refractivity (Wildman–Crippen MR) is 119 cm³/mol. The molecule has 2 heterocycles. The first-order valence-electron chi connectivity index (χ1n) is 9.79. The minimum atomic E-state index is -3.69. The highest BCUT2D eigenvalue weighted by molar-refractivity contribution is 7.89. The zero-order valence-corrected chi connectivity index (χ0v) is 17.7. The van der Waals surface area contributed by atoms with Crippen LogP contribution < -0.4 is 0 Å². The summed E-state index contributed by atoms with van der Waals surface area (Å²) in [4.78, 5) is 0.300. The number of benzene rings is 3. The number of para-hydroxylation sites is 1. The van der Waals surface area contributed by atoms with Crippen molar-refractivity contribution in [1.82, 2.24) is 19.1 Å². The van der Waals surface area contributed by atoms with Crippen LogP contribution in [-0.4, -0.2) is 34.0 Å². The number of fused-ring (bicyclic) bond motifs is 1. The fraction of sp³-hybridized carbons (Fsp3) is 0.182. The molecule has 0 amide bonds. The van der Waals surface area contributed by atoms with E-state index in [1.807, 2.05) is 65.2 Å². The van der Waals surface area contributed by atoms with Crippen LogP contribution in [0.25, 0.3) is 16.5 Å². The lowest BCUT2D eigenvalue weighted by Crippen LogP contribution is -2.32. The third-order valence-corrected chi connectivity index (χ3v) is 7.72. The van der Waals surface area contributed by atoms with Gasteiger partial charge in [0.1, 0.15) is 0 Å². The lowest BCUT2D eigenvalue weighted by Gasteiger charge is -2.24. The van der Waals surface area contributed by atoms with Crippen LogP contribution >= 0.6 is 12.2 Å². The van der Waals surface area contributed by atoms with Crippen LogP contribution in [0, 0.1) is 4.77 Å². The van der Waals surface area contributed by atoms with Gasteiger partial charge in [0.15, 0.2) is 10.6 Å². The molecule has 0 unspecified atom stereocenters. The van der Waals surface area contributed by atoms with Gasteiger partial charge in [-0.3, -0.25) is 9.67 Å². The molecule has 1 saturated heterocycles. The molecule has 1 aliphatic heterocycles. The van der Waals surface area contributed by atoms with Crippen LogP contribution in [0.2, 0.25) is 0 Å². The summed E-state index contributed by atoms with van der Waals surface area (Å²) in [6.45, 7) is 0.453. The third kappa shape index (κ3) is 3.17. The third-order valence-electron chi connectivity index (χ3n) is 5.54. The summed E-state index contributed by atoms with van der Waals surface area (Å²) in [6, 6.07) is 22.3. The molecule has 1 atom stereocenters. The molecule has 6 nitrogen and oxygen atoms in total. The highest BCUT2D eigenvalue weighted by Crippen LogP contribution is 2.37. The molecule has 0 bridgehead atoms. The van der Waals surface area contributed by atoms with Crippen LogP contribution in [0.5, 0.6) is 0 Å². The molecule has 30 heavy (non-hydrogen) atoms. The molecular weight excluding hydrogens is 416 g/mol. The van der Waals surface area contributed by atoms with Gasteiger partial charge in [-0.1, -0.05) is 48.5 Å². The Kier molecular flexibility index (Phi) is 4.77. The van der Waals surface area contributed by atoms with Gasteiger partial charge >= 0.3 is 0 Å². The highest BCUT2D eigenvalue weighted by atomic mass is 32.2. The smallest absolute Gasteiger partial charge is 0.243 e. The van der Waals surface area contributed by atoms with E-state index in [1.54, 1.807) is 16.4 Å². The van der Waals surface area contributed by atoms with Gasteiger partial charge in [-0.2, -0.15) is 9.40 Å². The number of H-pyrrole nitrogens is 1. The van der Waals surface area contributed by atoms with Crippen molar-refractivity contribution >= 4 is 33.0 Å². The van der Waals surface area contributed by atoms with E-state index in [0.717, 1.165) is 22.9 Å². The second-order valence-electron chi connectivity index (χ2n) is 7.34. The Labute approximate surface area is 179 Å². The number of hydrogen-bond acceptors (Lipinski definition) is 4. The van der Waals surface area contributed by atoms with Gasteiger partial charge in [-0.15, -0.1) is 0 Å². The summed E-state index contributed by atoms with van der Waals surface area (Å²) in [5.41, 5.74) is 0.862. The molecule has 152 valence electrons. The molecule has 0 radical (unpaired) electrons. The fourth-order valence-electron chi connectivity index (χ4n) is 4.11. The Bertz CT molecular complexity index is 1380. The topological polar surface area (TPSA) is 71.0 Å². The molecule has 4 aromatic rings. The SMILES string of the molecule is O=S(=O)(c1ccc2ccccc2c1)N1CCC[C@H]1c1n[nH]c(=S)n1-c1ccccc1. The largest absolute Gasteiger partial charge is 0.271 e. The molecule has 0 spiro atoms. The van der Waals surface area contributed by atoms with E-state index in [-0.39, 0.29) is 6.04 Å². The quantitative estimate of drug-likeness (QED) is 0.474. The van der Waals surface area contributed by atoms with E-state index in [9.17, 15) is 8.42 Å². The van der Waals surface area contributed by atoms with Gasteiger partial charge in [-0.05, 0) is 60.1 Å². The van der Waals surface area contributed by atoms with Crippen LogP contribution in [-0.2, 0) is 10.0 Å². The van der Waals surface area contributed by atoms with Gasteiger partial charge < -0.3 is 0 Å². The van der Waals surface area contributed by atoms with Gasteiger partial charge in [0.25, 0.3) is 0 Å². The Morgan fingerprint density at radius 1 is 0.967 bits per heavy atom. The summed E-state index contributed by atoms with van der Waals surface area (Å²) < 4.78 is 31.0. The van der Waals surface area contributed by atoms with Crippen molar-refractivity contribution in [1.29, 1.82) is 0 Å². The summed E-state index contributed by atoms with van der Waals surface area (Å²) in [6.07, 6.45) is 1.46. The number of hydrogen-bond donors (Lipinski definition) is 1. The van der Waals surface area contributed by atoms with E-state index in [4.69, 9.17) is 12.2 Å². The normalized spacial score (nSPS) is 17.5. The van der Waals surface area contributed by atoms with Gasteiger partial charge in [0.2, 0.25) is 10.0 Å². The van der Waals surface area contributed by atoms with Crippen molar-refractivity contribution in [3.8, 4) is 5.69 Å². The van der Waals surface area contributed by atoms with E-state index < -0.39 is 10.0 Å². The highest BCUT2D eigenvalue weighted by Gasteiger charge is 2.39. The number of aromatic nitrogens is 3. The van der Waals surface area contributed by atoms with Crippen LogP contribution in [0.4, 0.5) is 0 Å². The summed E-state index contributed by atoms with van der Waals surface area (Å²) in [5.74, 6) is 0.619. The molecule has 1 aromatic heterocycles. The minimum absolute atomic E-state index is 0.300. The molecular formula is C22H20N4O2S2. The van der Waals surface area contributed by atoms with Crippen molar-refractivity contribution in [2.24, 2.45) is 0 Å². The molecule has 0 aliphatic carbocycles. The van der Waals surface area contributed by atoms with Crippen molar-refractivity contribution in [3.05, 3.63) is 83.4 Å². The summed E-state index contributed by atoms with van der Waals surface area (Å²) >= 11 is 5.45. The number of nitrogens with one attached hydrogen (secondary N) is 1. The Morgan fingerprint density at radius 3 is 2.50 bits per heavy atom. The number of nitrogens with zero attached hydrogens (tertiary/aromatic N) is 3. The first-order valence-corrected chi connectivity index (χ1v) is 11.6. The van der Waals surface area contributed by atoms with Crippen molar-refractivity contribution in [2.45, 2.75) is 23.8 Å². The summed E-state index contributed by atoms with van der Waals surface area (Å²) in [7, 11) is -3.69. The lowest BCUT2D eigenvalue weighted by molar-refractivity contribution is 0.379. The second-order valence-corrected chi connectivity index (χ2v) is 9.62. The maximum atomic E-state index is 13.6. The van der Waals surface area contributed by atoms with Gasteiger partial charge in [-0.25, -0.2) is 8.42 Å². The van der Waals surface area contributed by atoms with Crippen molar-refractivity contribution < 1.29 is 8.42 Å². The predicted octanol–water partition coefficient (Wildman–Crippen LogP) is 4.61. The maximum Gasteiger partial charge on any atom is 0.243 e.